The monoisotopic (exact) mass is 268 g/mol. The van der Waals surface area contributed by atoms with Gasteiger partial charge in [0.05, 0.1) is 6.61 Å². The Kier molecular flexibility index (Phi) is 3.49. The average molecular weight is 268 g/mol. The number of hydrogen-bond acceptors (Lipinski definition) is 2. The molecule has 1 unspecified atom stereocenters. The van der Waals surface area contributed by atoms with Crippen LogP contribution in [0.1, 0.15) is 36.5 Å². The molecule has 2 aromatic carbocycles. The van der Waals surface area contributed by atoms with E-state index in [1.807, 2.05) is 49.4 Å². The van der Waals surface area contributed by atoms with Gasteiger partial charge in [-0.05, 0) is 55.0 Å². The third-order valence-corrected chi connectivity index (χ3v) is 4.07. The van der Waals surface area contributed by atoms with Gasteiger partial charge in [-0.15, -0.1) is 0 Å². The molecule has 0 aromatic heterocycles. The van der Waals surface area contributed by atoms with E-state index in [2.05, 4.69) is 6.07 Å². The first-order valence-corrected chi connectivity index (χ1v) is 7.28. The predicted octanol–water partition coefficient (Wildman–Crippen LogP) is 3.66. The normalized spacial score (nSPS) is 21.3. The van der Waals surface area contributed by atoms with Gasteiger partial charge in [0, 0.05) is 0 Å². The first-order valence-electron chi connectivity index (χ1n) is 7.28. The van der Waals surface area contributed by atoms with Crippen molar-refractivity contribution in [2.24, 2.45) is 0 Å². The molecule has 0 bridgehead atoms. The van der Waals surface area contributed by atoms with E-state index in [0.29, 0.717) is 6.61 Å². The molecule has 1 aliphatic carbocycles. The van der Waals surface area contributed by atoms with Crippen molar-refractivity contribution in [3.8, 4) is 5.75 Å². The largest absolute Gasteiger partial charge is 0.494 e. The fraction of sp³-hybridized carbons (Fsp3) is 0.333. The summed E-state index contributed by atoms with van der Waals surface area (Å²) in [4.78, 5) is 0. The second-order valence-corrected chi connectivity index (χ2v) is 5.33. The van der Waals surface area contributed by atoms with Crippen molar-refractivity contribution in [3.63, 3.8) is 0 Å². The van der Waals surface area contributed by atoms with Crippen molar-refractivity contribution in [1.29, 1.82) is 0 Å². The Morgan fingerprint density at radius 3 is 2.85 bits per heavy atom. The van der Waals surface area contributed by atoms with Crippen LogP contribution in [0.5, 0.6) is 5.75 Å². The van der Waals surface area contributed by atoms with Gasteiger partial charge in [-0.25, -0.2) is 0 Å². The molecule has 0 saturated heterocycles. The zero-order valence-electron chi connectivity index (χ0n) is 11.8. The summed E-state index contributed by atoms with van der Waals surface area (Å²) in [6, 6.07) is 16.0. The summed E-state index contributed by atoms with van der Waals surface area (Å²) in [5.74, 6) is 0.821. The highest BCUT2D eigenvalue weighted by molar-refractivity contribution is 5.44. The summed E-state index contributed by atoms with van der Waals surface area (Å²) in [5, 5.41) is 11.2. The van der Waals surface area contributed by atoms with E-state index in [9.17, 15) is 5.11 Å². The van der Waals surface area contributed by atoms with Crippen LogP contribution in [-0.4, -0.2) is 11.7 Å². The number of hydrogen-bond donors (Lipinski definition) is 1. The van der Waals surface area contributed by atoms with E-state index in [1.165, 1.54) is 5.56 Å². The van der Waals surface area contributed by atoms with Crippen LogP contribution in [0.25, 0.3) is 0 Å². The van der Waals surface area contributed by atoms with Gasteiger partial charge in [0.2, 0.25) is 0 Å². The maximum absolute atomic E-state index is 11.2. The number of rotatable bonds is 3. The second kappa shape index (κ2) is 5.29. The van der Waals surface area contributed by atoms with Crippen molar-refractivity contribution >= 4 is 0 Å². The summed E-state index contributed by atoms with van der Waals surface area (Å²) in [6.07, 6.45) is 2.82. The van der Waals surface area contributed by atoms with Gasteiger partial charge in [-0.3, -0.25) is 0 Å². The van der Waals surface area contributed by atoms with E-state index >= 15 is 0 Å². The van der Waals surface area contributed by atoms with Crippen LogP contribution in [0.4, 0.5) is 0 Å². The Hall–Kier alpha value is -1.80. The Morgan fingerprint density at radius 1 is 1.15 bits per heavy atom. The number of ether oxygens (including phenoxy) is 1. The van der Waals surface area contributed by atoms with Gasteiger partial charge < -0.3 is 9.84 Å². The lowest BCUT2D eigenvalue weighted by Crippen LogP contribution is -2.31. The highest BCUT2D eigenvalue weighted by Crippen LogP contribution is 2.41. The van der Waals surface area contributed by atoms with Gasteiger partial charge >= 0.3 is 0 Å². The molecule has 0 fully saturated rings. The zero-order valence-corrected chi connectivity index (χ0v) is 11.8. The van der Waals surface area contributed by atoms with Crippen molar-refractivity contribution in [2.45, 2.75) is 31.8 Å². The van der Waals surface area contributed by atoms with Crippen molar-refractivity contribution in [3.05, 3.63) is 65.2 Å². The molecular weight excluding hydrogens is 248 g/mol. The molecule has 104 valence electrons. The SMILES string of the molecule is CCOc1cccc(C2(O)CCCc3ccccc32)c1. The van der Waals surface area contributed by atoms with Crippen LogP contribution in [0.15, 0.2) is 48.5 Å². The van der Waals surface area contributed by atoms with Crippen LogP contribution in [-0.2, 0) is 12.0 Å². The molecule has 20 heavy (non-hydrogen) atoms. The van der Waals surface area contributed by atoms with E-state index in [1.54, 1.807) is 0 Å². The van der Waals surface area contributed by atoms with E-state index in [-0.39, 0.29) is 0 Å². The fourth-order valence-electron chi connectivity index (χ4n) is 3.12. The number of fused-ring (bicyclic) bond motifs is 1. The molecule has 3 rings (SSSR count). The van der Waals surface area contributed by atoms with Gasteiger partial charge in [0.1, 0.15) is 11.4 Å². The maximum atomic E-state index is 11.2. The first kappa shape index (κ1) is 13.2. The average Bonchev–Trinajstić information content (AvgIpc) is 2.48. The highest BCUT2D eigenvalue weighted by Gasteiger charge is 2.35. The third kappa shape index (κ3) is 2.20. The lowest BCUT2D eigenvalue weighted by atomic mass is 9.75. The van der Waals surface area contributed by atoms with E-state index in [0.717, 1.165) is 36.1 Å². The molecule has 0 saturated carbocycles. The summed E-state index contributed by atoms with van der Waals surface area (Å²) < 4.78 is 5.56. The molecule has 1 aliphatic rings. The first-order chi connectivity index (χ1) is 9.74. The second-order valence-electron chi connectivity index (χ2n) is 5.33. The molecule has 2 heteroatoms. The van der Waals surface area contributed by atoms with Crippen LogP contribution in [0.2, 0.25) is 0 Å². The van der Waals surface area contributed by atoms with Crippen molar-refractivity contribution in [2.75, 3.05) is 6.61 Å². The quantitative estimate of drug-likeness (QED) is 0.920. The summed E-state index contributed by atoms with van der Waals surface area (Å²) in [7, 11) is 0. The fourth-order valence-corrected chi connectivity index (χ4v) is 3.12. The topological polar surface area (TPSA) is 29.5 Å². The molecule has 0 spiro atoms. The minimum Gasteiger partial charge on any atom is -0.494 e. The van der Waals surface area contributed by atoms with E-state index < -0.39 is 5.60 Å². The minimum absolute atomic E-state index is 0.637. The lowest BCUT2D eigenvalue weighted by Gasteiger charge is -2.35. The Morgan fingerprint density at radius 2 is 2.00 bits per heavy atom. The van der Waals surface area contributed by atoms with Gasteiger partial charge in [0.15, 0.2) is 0 Å². The summed E-state index contributed by atoms with van der Waals surface area (Å²) >= 11 is 0. The molecule has 2 nitrogen and oxygen atoms in total. The standard InChI is InChI=1S/C18H20O2/c1-2-20-16-10-5-9-15(13-16)18(19)12-6-8-14-7-3-4-11-17(14)18/h3-5,7,9-11,13,19H,2,6,8,12H2,1H3. The zero-order chi connectivity index (χ0) is 14.0. The van der Waals surface area contributed by atoms with Gasteiger partial charge in [-0.2, -0.15) is 0 Å². The molecule has 0 amide bonds. The number of aliphatic hydroxyl groups is 1. The van der Waals surface area contributed by atoms with Gasteiger partial charge in [0.25, 0.3) is 0 Å². The van der Waals surface area contributed by atoms with Crippen LogP contribution in [0, 0.1) is 0 Å². The minimum atomic E-state index is -0.887. The maximum Gasteiger partial charge on any atom is 0.119 e. The summed E-state index contributed by atoms with van der Waals surface area (Å²) in [5.41, 5.74) is 2.33. The van der Waals surface area contributed by atoms with Gasteiger partial charge in [-0.1, -0.05) is 36.4 Å². The number of benzene rings is 2. The van der Waals surface area contributed by atoms with Crippen LogP contribution >= 0.6 is 0 Å². The molecule has 1 N–H and O–H groups in total. The molecule has 0 radical (unpaired) electrons. The molecule has 1 atom stereocenters. The van der Waals surface area contributed by atoms with Crippen molar-refractivity contribution < 1.29 is 9.84 Å². The molecule has 0 aliphatic heterocycles. The van der Waals surface area contributed by atoms with Crippen LogP contribution in [0.3, 0.4) is 0 Å². The van der Waals surface area contributed by atoms with E-state index in [4.69, 9.17) is 4.74 Å². The number of aryl methyl sites for hydroxylation is 1. The lowest BCUT2D eigenvalue weighted by molar-refractivity contribution is 0.0613. The molecule has 2 aromatic rings. The van der Waals surface area contributed by atoms with Crippen LogP contribution < -0.4 is 4.74 Å². The third-order valence-electron chi connectivity index (χ3n) is 4.07. The van der Waals surface area contributed by atoms with Crippen molar-refractivity contribution in [1.82, 2.24) is 0 Å². The Bertz CT molecular complexity index is 606. The summed E-state index contributed by atoms with van der Waals surface area (Å²) in [6.45, 7) is 2.61. The predicted molar refractivity (Wildman–Crippen MR) is 80.0 cm³/mol. The highest BCUT2D eigenvalue weighted by atomic mass is 16.5. The Balaban J connectivity index is 2.07. The molecule has 0 heterocycles. The molecular formula is C18H20O2. The Labute approximate surface area is 120 Å². The smallest absolute Gasteiger partial charge is 0.119 e.